The summed E-state index contributed by atoms with van der Waals surface area (Å²) < 4.78 is 14.0. The van der Waals surface area contributed by atoms with E-state index in [2.05, 4.69) is 0 Å². The molecule has 0 N–H and O–H groups in total. The number of nitrogens with zero attached hydrogens (tertiary/aromatic N) is 3. The van der Waals surface area contributed by atoms with Gasteiger partial charge in [-0.1, -0.05) is 18.2 Å². The van der Waals surface area contributed by atoms with Gasteiger partial charge in [-0.15, -0.1) is 0 Å². The minimum absolute atomic E-state index is 0.0278. The second-order valence-corrected chi connectivity index (χ2v) is 6.86. The fourth-order valence-corrected chi connectivity index (χ4v) is 3.53. The summed E-state index contributed by atoms with van der Waals surface area (Å²) in [4.78, 5) is 27.0. The van der Waals surface area contributed by atoms with Gasteiger partial charge in [0, 0.05) is 33.1 Å². The number of hydrogen-bond acceptors (Lipinski definition) is 4. The second-order valence-electron chi connectivity index (χ2n) is 6.86. The summed E-state index contributed by atoms with van der Waals surface area (Å²) in [5.41, 5.74) is 2.61. The van der Waals surface area contributed by atoms with E-state index in [4.69, 9.17) is 9.47 Å². The standard InChI is InChI=1S/C22H27N3O4/c1-5-24-17-8-6-7-9-18(17)25(22(24)27)13-12-21(26)23(2)15-16-10-11-19(28-3)20(14-16)29-4/h6-11,14H,5,12-13,15H2,1-4H3. The van der Waals surface area contributed by atoms with Gasteiger partial charge < -0.3 is 14.4 Å². The number of hydrogen-bond donors (Lipinski definition) is 0. The number of methoxy groups -OCH3 is 2. The first-order valence-corrected chi connectivity index (χ1v) is 9.63. The van der Waals surface area contributed by atoms with Gasteiger partial charge in [0.25, 0.3) is 0 Å². The quantitative estimate of drug-likeness (QED) is 0.586. The average molecular weight is 397 g/mol. The highest BCUT2D eigenvalue weighted by atomic mass is 16.5. The molecule has 0 fully saturated rings. The van der Waals surface area contributed by atoms with Crippen LogP contribution in [0.2, 0.25) is 0 Å². The third kappa shape index (κ3) is 4.13. The van der Waals surface area contributed by atoms with Crippen molar-refractivity contribution in [3.63, 3.8) is 0 Å². The summed E-state index contributed by atoms with van der Waals surface area (Å²) in [6.07, 6.45) is 0.251. The van der Waals surface area contributed by atoms with Gasteiger partial charge in [-0.25, -0.2) is 4.79 Å². The molecule has 1 amide bonds. The van der Waals surface area contributed by atoms with E-state index in [-0.39, 0.29) is 18.0 Å². The topological polar surface area (TPSA) is 65.7 Å². The van der Waals surface area contributed by atoms with Crippen molar-refractivity contribution < 1.29 is 14.3 Å². The molecule has 0 aliphatic rings. The lowest BCUT2D eigenvalue weighted by Gasteiger charge is -2.18. The van der Waals surface area contributed by atoms with Crippen LogP contribution in [0.25, 0.3) is 11.0 Å². The molecule has 7 heteroatoms. The lowest BCUT2D eigenvalue weighted by molar-refractivity contribution is -0.130. The van der Waals surface area contributed by atoms with Gasteiger partial charge >= 0.3 is 5.69 Å². The van der Waals surface area contributed by atoms with E-state index >= 15 is 0 Å². The summed E-state index contributed by atoms with van der Waals surface area (Å²) in [5, 5.41) is 0. The van der Waals surface area contributed by atoms with E-state index in [1.54, 1.807) is 35.3 Å². The van der Waals surface area contributed by atoms with Crippen molar-refractivity contribution in [3.05, 3.63) is 58.5 Å². The molecule has 0 atom stereocenters. The number of benzene rings is 2. The van der Waals surface area contributed by atoms with E-state index in [1.165, 1.54) is 0 Å². The number of imidazole rings is 1. The minimum Gasteiger partial charge on any atom is -0.493 e. The second kappa shape index (κ2) is 8.86. The SMILES string of the molecule is CCn1c(=O)n(CCC(=O)N(C)Cc2ccc(OC)c(OC)c2)c2ccccc21. The molecule has 154 valence electrons. The predicted molar refractivity (Wildman–Crippen MR) is 113 cm³/mol. The van der Waals surface area contributed by atoms with Crippen molar-refractivity contribution in [2.24, 2.45) is 0 Å². The molecule has 0 aliphatic heterocycles. The highest BCUT2D eigenvalue weighted by Gasteiger charge is 2.15. The summed E-state index contributed by atoms with van der Waals surface area (Å²) >= 11 is 0. The molecule has 3 aromatic rings. The molecule has 0 radical (unpaired) electrons. The van der Waals surface area contributed by atoms with E-state index in [0.717, 1.165) is 16.6 Å². The third-order valence-corrected chi connectivity index (χ3v) is 5.08. The van der Waals surface area contributed by atoms with Crippen molar-refractivity contribution in [3.8, 4) is 11.5 Å². The monoisotopic (exact) mass is 397 g/mol. The van der Waals surface area contributed by atoms with Gasteiger partial charge in [0.1, 0.15) is 0 Å². The van der Waals surface area contributed by atoms with Gasteiger partial charge in [0.2, 0.25) is 5.91 Å². The third-order valence-electron chi connectivity index (χ3n) is 5.08. The van der Waals surface area contributed by atoms with Crippen molar-refractivity contribution in [1.82, 2.24) is 14.0 Å². The maximum Gasteiger partial charge on any atom is 0.329 e. The molecule has 29 heavy (non-hydrogen) atoms. The van der Waals surface area contributed by atoms with Gasteiger partial charge in [-0.3, -0.25) is 13.9 Å². The molecular formula is C22H27N3O4. The average Bonchev–Trinajstić information content (AvgIpc) is 3.02. The predicted octanol–water partition coefficient (Wildman–Crippen LogP) is 2.89. The normalized spacial score (nSPS) is 10.9. The molecule has 1 heterocycles. The Bertz CT molecular complexity index is 1070. The molecule has 0 bridgehead atoms. The van der Waals surface area contributed by atoms with Gasteiger partial charge in [-0.05, 0) is 36.8 Å². The fraction of sp³-hybridized carbons (Fsp3) is 0.364. The number of rotatable bonds is 8. The molecule has 7 nitrogen and oxygen atoms in total. The van der Waals surface area contributed by atoms with Gasteiger partial charge in [-0.2, -0.15) is 0 Å². The Balaban J connectivity index is 1.71. The van der Waals surface area contributed by atoms with Crippen molar-refractivity contribution >= 4 is 16.9 Å². The Morgan fingerprint density at radius 2 is 1.66 bits per heavy atom. The number of aryl methyl sites for hydroxylation is 2. The molecule has 3 rings (SSSR count). The zero-order valence-corrected chi connectivity index (χ0v) is 17.3. The molecule has 0 unspecified atom stereocenters. The van der Waals surface area contributed by atoms with Crippen molar-refractivity contribution in [1.29, 1.82) is 0 Å². The Morgan fingerprint density at radius 3 is 2.28 bits per heavy atom. The van der Waals surface area contributed by atoms with Crippen LogP contribution in [0, 0.1) is 0 Å². The maximum atomic E-state index is 12.7. The number of ether oxygens (including phenoxy) is 2. The summed E-state index contributed by atoms with van der Waals surface area (Å²) in [6.45, 7) is 3.34. The smallest absolute Gasteiger partial charge is 0.329 e. The fourth-order valence-electron chi connectivity index (χ4n) is 3.53. The first-order chi connectivity index (χ1) is 14.0. The van der Waals surface area contributed by atoms with Crippen LogP contribution >= 0.6 is 0 Å². The van der Waals surface area contributed by atoms with Gasteiger partial charge in [0.15, 0.2) is 11.5 Å². The molecule has 0 aliphatic carbocycles. The number of aromatic nitrogens is 2. The van der Waals surface area contributed by atoms with Crippen LogP contribution in [0.1, 0.15) is 18.9 Å². The Kier molecular flexibility index (Phi) is 6.26. The van der Waals surface area contributed by atoms with E-state index in [0.29, 0.717) is 31.1 Å². The highest BCUT2D eigenvalue weighted by Crippen LogP contribution is 2.28. The van der Waals surface area contributed by atoms with Crippen LogP contribution in [0.3, 0.4) is 0 Å². The number of carbonyl (C=O) groups is 1. The Hall–Kier alpha value is -3.22. The summed E-state index contributed by atoms with van der Waals surface area (Å²) in [7, 11) is 4.93. The Morgan fingerprint density at radius 1 is 1.00 bits per heavy atom. The van der Waals surface area contributed by atoms with Crippen LogP contribution < -0.4 is 15.2 Å². The van der Waals surface area contributed by atoms with E-state index in [1.807, 2.05) is 49.4 Å². The summed E-state index contributed by atoms with van der Waals surface area (Å²) in [6, 6.07) is 13.3. The minimum atomic E-state index is -0.0796. The lowest BCUT2D eigenvalue weighted by Crippen LogP contribution is -2.29. The highest BCUT2D eigenvalue weighted by molar-refractivity contribution is 5.78. The van der Waals surface area contributed by atoms with Crippen molar-refractivity contribution in [2.75, 3.05) is 21.3 Å². The van der Waals surface area contributed by atoms with Gasteiger partial charge in [0.05, 0.1) is 25.3 Å². The van der Waals surface area contributed by atoms with Crippen molar-refractivity contribution in [2.45, 2.75) is 33.0 Å². The lowest BCUT2D eigenvalue weighted by atomic mass is 10.2. The molecule has 1 aromatic heterocycles. The zero-order chi connectivity index (χ0) is 21.0. The number of fused-ring (bicyclic) bond motifs is 1. The van der Waals surface area contributed by atoms with Crippen LogP contribution in [0.4, 0.5) is 0 Å². The number of carbonyl (C=O) groups excluding carboxylic acids is 1. The molecule has 0 saturated heterocycles. The zero-order valence-electron chi connectivity index (χ0n) is 17.3. The maximum absolute atomic E-state index is 12.7. The molecule has 0 saturated carbocycles. The van der Waals surface area contributed by atoms with E-state index < -0.39 is 0 Å². The first-order valence-electron chi connectivity index (χ1n) is 9.63. The number of para-hydroxylation sites is 2. The molecule has 2 aromatic carbocycles. The van der Waals surface area contributed by atoms with Crippen LogP contribution in [-0.4, -0.2) is 41.2 Å². The number of amides is 1. The van der Waals surface area contributed by atoms with Crippen LogP contribution in [0.5, 0.6) is 11.5 Å². The first kappa shape index (κ1) is 20.5. The van der Waals surface area contributed by atoms with Crippen LogP contribution in [0.15, 0.2) is 47.3 Å². The molecule has 0 spiro atoms. The largest absolute Gasteiger partial charge is 0.493 e. The Labute approximate surface area is 170 Å². The van der Waals surface area contributed by atoms with E-state index in [9.17, 15) is 9.59 Å². The van der Waals surface area contributed by atoms with Crippen LogP contribution in [-0.2, 0) is 24.4 Å². The molecular weight excluding hydrogens is 370 g/mol. The summed E-state index contributed by atoms with van der Waals surface area (Å²) in [5.74, 6) is 1.25.